The molecule has 0 bridgehead atoms. The highest BCUT2D eigenvalue weighted by atomic mass is 32.1. The maximum absolute atomic E-state index is 13.7. The van der Waals surface area contributed by atoms with Gasteiger partial charge in [0.25, 0.3) is 0 Å². The van der Waals surface area contributed by atoms with E-state index >= 15 is 0 Å². The summed E-state index contributed by atoms with van der Waals surface area (Å²) in [4.78, 5) is 4.03. The topological polar surface area (TPSA) is 36.7 Å². The van der Waals surface area contributed by atoms with Crippen molar-refractivity contribution in [2.45, 2.75) is 6.18 Å². The van der Waals surface area contributed by atoms with Crippen molar-refractivity contribution in [1.29, 1.82) is 5.26 Å². The lowest BCUT2D eigenvalue weighted by Crippen LogP contribution is -2.03. The molecule has 1 heterocycles. The Balaban J connectivity index is 2.07. The van der Waals surface area contributed by atoms with Crippen molar-refractivity contribution in [3.05, 3.63) is 64.2 Å². The average molecular weight is 366 g/mol. The summed E-state index contributed by atoms with van der Waals surface area (Å²) >= 11 is 1.01. The van der Waals surface area contributed by atoms with Crippen molar-refractivity contribution in [1.82, 2.24) is 4.98 Å². The van der Waals surface area contributed by atoms with Crippen LogP contribution in [0.5, 0.6) is 0 Å². The highest BCUT2D eigenvalue weighted by molar-refractivity contribution is 7.19. The van der Waals surface area contributed by atoms with Gasteiger partial charge in [-0.05, 0) is 36.4 Å². The molecule has 126 valence electrons. The third-order valence-corrected chi connectivity index (χ3v) is 4.40. The summed E-state index contributed by atoms with van der Waals surface area (Å²) in [6, 6.07) is 7.81. The van der Waals surface area contributed by atoms with E-state index in [1.807, 2.05) is 6.07 Å². The van der Waals surface area contributed by atoms with Gasteiger partial charge in [-0.25, -0.2) is 13.8 Å². The van der Waals surface area contributed by atoms with Gasteiger partial charge in [0.2, 0.25) is 0 Å². The minimum atomic E-state index is -4.50. The smallest absolute Gasteiger partial charge is 0.235 e. The Morgan fingerprint density at radius 1 is 1.12 bits per heavy atom. The molecule has 0 aliphatic carbocycles. The molecule has 3 aromatic rings. The molecule has 0 spiro atoms. The van der Waals surface area contributed by atoms with E-state index in [0.29, 0.717) is 10.8 Å². The number of halogens is 5. The van der Waals surface area contributed by atoms with Crippen LogP contribution >= 0.6 is 11.3 Å². The number of aromatic nitrogens is 1. The Bertz CT molecular complexity index is 1030. The average Bonchev–Trinajstić information content (AvgIpc) is 2.96. The van der Waals surface area contributed by atoms with Crippen molar-refractivity contribution in [2.24, 2.45) is 0 Å². The maximum atomic E-state index is 13.7. The third kappa shape index (κ3) is 3.51. The summed E-state index contributed by atoms with van der Waals surface area (Å²) in [7, 11) is 0. The van der Waals surface area contributed by atoms with Crippen molar-refractivity contribution in [2.75, 3.05) is 0 Å². The van der Waals surface area contributed by atoms with Crippen LogP contribution in [-0.4, -0.2) is 4.98 Å². The number of alkyl halides is 3. The largest absolute Gasteiger partial charge is 0.416 e. The predicted molar refractivity (Wildman–Crippen MR) is 84.5 cm³/mol. The molecule has 0 atom stereocenters. The highest BCUT2D eigenvalue weighted by Crippen LogP contribution is 2.34. The number of allylic oxidation sites excluding steroid dienone is 1. The number of hydrogen-bond acceptors (Lipinski definition) is 3. The van der Waals surface area contributed by atoms with Crippen LogP contribution in [0.25, 0.3) is 21.9 Å². The molecule has 3 rings (SSSR count). The fraction of sp³-hybridized carbons (Fsp3) is 0.0588. The van der Waals surface area contributed by atoms with E-state index in [1.54, 1.807) is 0 Å². The number of fused-ring (bicyclic) bond motifs is 1. The van der Waals surface area contributed by atoms with Crippen LogP contribution in [0.2, 0.25) is 0 Å². The summed E-state index contributed by atoms with van der Waals surface area (Å²) in [5, 5.41) is 9.42. The van der Waals surface area contributed by atoms with E-state index < -0.39 is 23.4 Å². The monoisotopic (exact) mass is 366 g/mol. The maximum Gasteiger partial charge on any atom is 0.416 e. The normalized spacial score (nSPS) is 12.4. The Morgan fingerprint density at radius 2 is 1.88 bits per heavy atom. The van der Waals surface area contributed by atoms with E-state index in [0.717, 1.165) is 35.6 Å². The van der Waals surface area contributed by atoms with Crippen LogP contribution in [-0.2, 0) is 6.18 Å². The Kier molecular flexibility index (Phi) is 4.27. The molecule has 0 fully saturated rings. The molecule has 0 aliphatic heterocycles. The Labute approximate surface area is 142 Å². The molecular formula is C17H7F5N2S. The van der Waals surface area contributed by atoms with Crippen LogP contribution in [0.3, 0.4) is 0 Å². The van der Waals surface area contributed by atoms with E-state index in [-0.39, 0.29) is 21.7 Å². The van der Waals surface area contributed by atoms with E-state index in [4.69, 9.17) is 0 Å². The fourth-order valence-electron chi connectivity index (χ4n) is 2.13. The number of nitriles is 1. The van der Waals surface area contributed by atoms with Gasteiger partial charge in [-0.15, -0.1) is 11.3 Å². The van der Waals surface area contributed by atoms with E-state index in [2.05, 4.69) is 4.98 Å². The first-order valence-electron chi connectivity index (χ1n) is 6.83. The molecule has 2 aromatic carbocycles. The van der Waals surface area contributed by atoms with Gasteiger partial charge in [-0.1, -0.05) is 0 Å². The summed E-state index contributed by atoms with van der Waals surface area (Å²) in [6.07, 6.45) is -3.32. The molecule has 0 saturated carbocycles. The summed E-state index contributed by atoms with van der Waals surface area (Å²) in [5.74, 6) is -1.61. The summed E-state index contributed by atoms with van der Waals surface area (Å²) in [5.41, 5.74) is -0.798. The number of benzene rings is 2. The number of thiazole rings is 1. The van der Waals surface area contributed by atoms with Crippen molar-refractivity contribution >= 4 is 33.2 Å². The second-order valence-corrected chi connectivity index (χ2v) is 6.07. The molecule has 0 unspecified atom stereocenters. The molecule has 0 aliphatic rings. The second kappa shape index (κ2) is 6.26. The van der Waals surface area contributed by atoms with E-state index in [9.17, 15) is 27.2 Å². The molecule has 2 nitrogen and oxygen atoms in total. The van der Waals surface area contributed by atoms with Gasteiger partial charge in [0.05, 0.1) is 21.4 Å². The van der Waals surface area contributed by atoms with Crippen LogP contribution in [0.1, 0.15) is 16.1 Å². The molecule has 25 heavy (non-hydrogen) atoms. The zero-order valence-corrected chi connectivity index (χ0v) is 13.1. The molecule has 8 heteroatoms. The molecule has 0 saturated heterocycles. The quantitative estimate of drug-likeness (QED) is 0.434. The lowest BCUT2D eigenvalue weighted by atomic mass is 10.1. The number of rotatable bonds is 2. The Morgan fingerprint density at radius 3 is 2.52 bits per heavy atom. The third-order valence-electron chi connectivity index (χ3n) is 3.33. The van der Waals surface area contributed by atoms with Gasteiger partial charge in [-0.2, -0.15) is 18.4 Å². The van der Waals surface area contributed by atoms with Crippen LogP contribution < -0.4 is 0 Å². The van der Waals surface area contributed by atoms with Gasteiger partial charge < -0.3 is 0 Å². The lowest BCUT2D eigenvalue weighted by molar-refractivity contribution is -0.137. The van der Waals surface area contributed by atoms with Gasteiger partial charge in [0, 0.05) is 11.6 Å². The first kappa shape index (κ1) is 17.0. The Hall–Kier alpha value is -2.79. The summed E-state index contributed by atoms with van der Waals surface area (Å²) in [6.45, 7) is 0. The minimum Gasteiger partial charge on any atom is -0.235 e. The van der Waals surface area contributed by atoms with Crippen molar-refractivity contribution < 1.29 is 22.0 Å². The predicted octanol–water partition coefficient (Wildman–Crippen LogP) is 5.66. The first-order valence-corrected chi connectivity index (χ1v) is 7.64. The number of hydrogen-bond donors (Lipinski definition) is 0. The van der Waals surface area contributed by atoms with Crippen LogP contribution in [0.15, 0.2) is 36.4 Å². The lowest BCUT2D eigenvalue weighted by Gasteiger charge is -2.04. The standard InChI is InChI=1S/C17H7F5N2S/c18-12-3-1-9(13(19)7-12)5-10(8-23)16-24-14-6-11(17(20,21)22)2-4-15(14)25-16/h1-7H. The second-order valence-electron chi connectivity index (χ2n) is 5.03. The van der Waals surface area contributed by atoms with Gasteiger partial charge >= 0.3 is 6.18 Å². The van der Waals surface area contributed by atoms with Gasteiger partial charge in [0.1, 0.15) is 22.7 Å². The van der Waals surface area contributed by atoms with Crippen molar-refractivity contribution in [3.8, 4) is 6.07 Å². The zero-order valence-electron chi connectivity index (χ0n) is 12.2. The molecular weight excluding hydrogens is 359 g/mol. The van der Waals surface area contributed by atoms with Gasteiger partial charge in [0.15, 0.2) is 0 Å². The molecule has 0 radical (unpaired) electrons. The molecule has 0 N–H and O–H groups in total. The fourth-order valence-corrected chi connectivity index (χ4v) is 3.05. The van der Waals surface area contributed by atoms with E-state index in [1.165, 1.54) is 12.1 Å². The SMILES string of the molecule is N#CC(=Cc1ccc(F)cc1F)c1nc2cc(C(F)(F)F)ccc2s1. The van der Waals surface area contributed by atoms with Crippen LogP contribution in [0.4, 0.5) is 22.0 Å². The first-order chi connectivity index (χ1) is 11.8. The molecule has 0 amide bonds. The zero-order chi connectivity index (χ0) is 18.2. The van der Waals surface area contributed by atoms with Gasteiger partial charge in [-0.3, -0.25) is 0 Å². The highest BCUT2D eigenvalue weighted by Gasteiger charge is 2.30. The molecule has 1 aromatic heterocycles. The minimum absolute atomic E-state index is 0.0202. The van der Waals surface area contributed by atoms with Crippen LogP contribution in [0, 0.1) is 23.0 Å². The van der Waals surface area contributed by atoms with Crippen molar-refractivity contribution in [3.63, 3.8) is 0 Å². The summed E-state index contributed by atoms with van der Waals surface area (Å²) < 4.78 is 65.4. The number of nitrogens with zero attached hydrogens (tertiary/aromatic N) is 2.